The highest BCUT2D eigenvalue weighted by Crippen LogP contribution is 2.21. The molecule has 0 saturated carbocycles. The number of hydrogen-bond acceptors (Lipinski definition) is 4. The van der Waals surface area contributed by atoms with Crippen LogP contribution in [0.2, 0.25) is 0 Å². The second-order valence-electron chi connectivity index (χ2n) is 4.93. The van der Waals surface area contributed by atoms with Gasteiger partial charge < -0.3 is 10.1 Å². The Kier molecular flexibility index (Phi) is 6.31. The fourth-order valence-corrected chi connectivity index (χ4v) is 2.41. The molecule has 0 bridgehead atoms. The van der Waals surface area contributed by atoms with Crippen LogP contribution in [0.3, 0.4) is 0 Å². The molecule has 19 heavy (non-hydrogen) atoms. The molecule has 1 unspecified atom stereocenters. The minimum absolute atomic E-state index is 0.407. The van der Waals surface area contributed by atoms with Gasteiger partial charge in [0.05, 0.1) is 12.3 Å². The van der Waals surface area contributed by atoms with Gasteiger partial charge in [0.25, 0.3) is 0 Å². The summed E-state index contributed by atoms with van der Waals surface area (Å²) in [6, 6.07) is 0.407. The molecular weight excluding hydrogens is 240 g/mol. The fourth-order valence-electron chi connectivity index (χ4n) is 2.41. The van der Waals surface area contributed by atoms with E-state index in [1.165, 1.54) is 5.56 Å². The summed E-state index contributed by atoms with van der Waals surface area (Å²) < 4.78 is 7.19. The van der Waals surface area contributed by atoms with E-state index in [0.29, 0.717) is 6.04 Å². The number of anilines is 1. The molecule has 5 heteroatoms. The first-order valence-corrected chi connectivity index (χ1v) is 7.04. The molecule has 0 radical (unpaired) electrons. The maximum absolute atomic E-state index is 5.26. The summed E-state index contributed by atoms with van der Waals surface area (Å²) in [5.41, 5.74) is 2.38. The number of rotatable bonds is 8. The summed E-state index contributed by atoms with van der Waals surface area (Å²) in [7, 11) is 3.74. The highest BCUT2D eigenvalue weighted by Gasteiger charge is 2.18. The van der Waals surface area contributed by atoms with Crippen molar-refractivity contribution in [2.24, 2.45) is 7.05 Å². The molecule has 1 N–H and O–H groups in total. The summed E-state index contributed by atoms with van der Waals surface area (Å²) >= 11 is 0. The molecule has 110 valence electrons. The first-order chi connectivity index (χ1) is 9.04. The van der Waals surface area contributed by atoms with Crippen molar-refractivity contribution in [1.29, 1.82) is 0 Å². The van der Waals surface area contributed by atoms with E-state index in [1.807, 2.05) is 11.7 Å². The molecule has 1 aromatic rings. The maximum atomic E-state index is 5.26. The van der Waals surface area contributed by atoms with E-state index in [9.17, 15) is 0 Å². The van der Waals surface area contributed by atoms with Crippen molar-refractivity contribution in [1.82, 2.24) is 14.7 Å². The van der Waals surface area contributed by atoms with Gasteiger partial charge in [-0.2, -0.15) is 5.10 Å². The van der Waals surface area contributed by atoms with Crippen molar-refractivity contribution in [2.75, 3.05) is 32.1 Å². The topological polar surface area (TPSA) is 42.3 Å². The zero-order valence-electron chi connectivity index (χ0n) is 13.2. The van der Waals surface area contributed by atoms with E-state index in [1.54, 1.807) is 7.11 Å². The molecule has 1 aromatic heterocycles. The van der Waals surface area contributed by atoms with Crippen molar-refractivity contribution in [3.63, 3.8) is 0 Å². The molecule has 5 nitrogen and oxygen atoms in total. The number of nitrogens with one attached hydrogen (secondary N) is 1. The Morgan fingerprint density at radius 1 is 1.42 bits per heavy atom. The number of aryl methyl sites for hydroxylation is 2. The third kappa shape index (κ3) is 3.94. The summed E-state index contributed by atoms with van der Waals surface area (Å²) in [6.45, 7) is 12.1. The highest BCUT2D eigenvalue weighted by molar-refractivity contribution is 5.47. The average Bonchev–Trinajstić information content (AvgIpc) is 2.62. The summed E-state index contributed by atoms with van der Waals surface area (Å²) in [6.07, 6.45) is 0. The monoisotopic (exact) mass is 268 g/mol. The molecule has 1 rings (SSSR count). The zero-order valence-corrected chi connectivity index (χ0v) is 13.2. The van der Waals surface area contributed by atoms with Crippen LogP contribution in [0.25, 0.3) is 0 Å². The third-order valence-electron chi connectivity index (χ3n) is 3.49. The average molecular weight is 268 g/mol. The Morgan fingerprint density at radius 3 is 2.63 bits per heavy atom. The van der Waals surface area contributed by atoms with Gasteiger partial charge in [-0.3, -0.25) is 9.58 Å². The van der Waals surface area contributed by atoms with Gasteiger partial charge in [0.15, 0.2) is 0 Å². The lowest BCUT2D eigenvalue weighted by Crippen LogP contribution is -2.35. The van der Waals surface area contributed by atoms with E-state index in [2.05, 4.69) is 43.0 Å². The Labute approximate surface area is 116 Å². The second kappa shape index (κ2) is 7.50. The van der Waals surface area contributed by atoms with Gasteiger partial charge in [0, 0.05) is 38.9 Å². The number of likely N-dealkylation sites (N-methyl/N-ethyl adjacent to an activating group) is 1. The summed E-state index contributed by atoms with van der Waals surface area (Å²) in [5, 5.41) is 7.93. The molecule has 0 aromatic carbocycles. The lowest BCUT2D eigenvalue weighted by molar-refractivity contribution is 0.0982. The summed E-state index contributed by atoms with van der Waals surface area (Å²) in [4.78, 5) is 2.41. The van der Waals surface area contributed by atoms with Gasteiger partial charge in [0.1, 0.15) is 5.82 Å². The van der Waals surface area contributed by atoms with E-state index < -0.39 is 0 Å². The van der Waals surface area contributed by atoms with Crippen LogP contribution >= 0.6 is 0 Å². The fraction of sp³-hybridized carbons (Fsp3) is 0.786. The van der Waals surface area contributed by atoms with Gasteiger partial charge in [-0.1, -0.05) is 6.92 Å². The lowest BCUT2D eigenvalue weighted by atomic mass is 10.2. The molecule has 0 spiro atoms. The third-order valence-corrected chi connectivity index (χ3v) is 3.49. The van der Waals surface area contributed by atoms with Gasteiger partial charge in [0.2, 0.25) is 0 Å². The molecule has 0 aliphatic rings. The minimum atomic E-state index is 0.407. The SMILES string of the molecule is CCNc1c(CN(CC)C(C)COC)c(C)nn1C. The van der Waals surface area contributed by atoms with Gasteiger partial charge in [-0.05, 0) is 27.3 Å². The first kappa shape index (κ1) is 16.0. The molecule has 1 atom stereocenters. The Balaban J connectivity index is 2.89. The van der Waals surface area contributed by atoms with Crippen LogP contribution in [0.5, 0.6) is 0 Å². The van der Waals surface area contributed by atoms with Crippen molar-refractivity contribution >= 4 is 5.82 Å². The number of methoxy groups -OCH3 is 1. The van der Waals surface area contributed by atoms with E-state index in [0.717, 1.165) is 37.8 Å². The number of nitrogens with zero attached hydrogens (tertiary/aromatic N) is 3. The van der Waals surface area contributed by atoms with E-state index in [4.69, 9.17) is 4.74 Å². The van der Waals surface area contributed by atoms with Gasteiger partial charge in [-0.25, -0.2) is 0 Å². The number of aromatic nitrogens is 2. The number of ether oxygens (including phenoxy) is 1. The van der Waals surface area contributed by atoms with Crippen molar-refractivity contribution < 1.29 is 4.74 Å². The van der Waals surface area contributed by atoms with Crippen LogP contribution in [0.4, 0.5) is 5.82 Å². The maximum Gasteiger partial charge on any atom is 0.128 e. The summed E-state index contributed by atoms with van der Waals surface area (Å²) in [5.74, 6) is 1.13. The number of hydrogen-bond donors (Lipinski definition) is 1. The molecule has 1 heterocycles. The van der Waals surface area contributed by atoms with Crippen LogP contribution in [-0.2, 0) is 18.3 Å². The smallest absolute Gasteiger partial charge is 0.128 e. The lowest BCUT2D eigenvalue weighted by Gasteiger charge is -2.27. The molecule has 0 aliphatic heterocycles. The van der Waals surface area contributed by atoms with E-state index >= 15 is 0 Å². The van der Waals surface area contributed by atoms with Crippen LogP contribution in [0.1, 0.15) is 32.0 Å². The van der Waals surface area contributed by atoms with Crippen molar-refractivity contribution in [2.45, 2.75) is 40.3 Å². The van der Waals surface area contributed by atoms with E-state index in [-0.39, 0.29) is 0 Å². The van der Waals surface area contributed by atoms with Crippen LogP contribution < -0.4 is 5.32 Å². The molecule has 0 saturated heterocycles. The van der Waals surface area contributed by atoms with Crippen LogP contribution in [-0.4, -0.2) is 47.5 Å². The van der Waals surface area contributed by atoms with Crippen LogP contribution in [0.15, 0.2) is 0 Å². The molecular formula is C14H28N4O. The second-order valence-corrected chi connectivity index (χ2v) is 4.93. The predicted molar refractivity (Wildman–Crippen MR) is 79.5 cm³/mol. The highest BCUT2D eigenvalue weighted by atomic mass is 16.5. The first-order valence-electron chi connectivity index (χ1n) is 7.04. The zero-order chi connectivity index (χ0) is 14.4. The van der Waals surface area contributed by atoms with Crippen LogP contribution in [0, 0.1) is 6.92 Å². The normalized spacial score (nSPS) is 13.0. The predicted octanol–water partition coefficient (Wildman–Crippen LogP) is 2.02. The quantitative estimate of drug-likeness (QED) is 0.783. The Hall–Kier alpha value is -1.07. The molecule has 0 fully saturated rings. The molecule has 0 amide bonds. The molecule has 0 aliphatic carbocycles. The van der Waals surface area contributed by atoms with Crippen molar-refractivity contribution in [3.05, 3.63) is 11.3 Å². The Morgan fingerprint density at radius 2 is 2.11 bits per heavy atom. The minimum Gasteiger partial charge on any atom is -0.383 e. The Bertz CT molecular complexity index is 389. The largest absolute Gasteiger partial charge is 0.383 e. The van der Waals surface area contributed by atoms with Gasteiger partial charge in [-0.15, -0.1) is 0 Å². The van der Waals surface area contributed by atoms with Crippen molar-refractivity contribution in [3.8, 4) is 0 Å². The standard InChI is InChI=1S/C14H28N4O/c1-7-15-14-13(12(4)16-17(14)5)9-18(8-2)11(3)10-19-6/h11,15H,7-10H2,1-6H3. The van der Waals surface area contributed by atoms with Gasteiger partial charge >= 0.3 is 0 Å².